The van der Waals surface area contributed by atoms with Crippen LogP contribution in [0.15, 0.2) is 24.3 Å². The van der Waals surface area contributed by atoms with Crippen LogP contribution in [0.2, 0.25) is 0 Å². The minimum absolute atomic E-state index is 0.0253. The SMILES string of the molecule is CCNC1C[C@H](c2cccc(O)c2)S(=O)(=O)C1. The molecule has 0 aromatic heterocycles. The molecule has 2 rings (SSSR count). The molecule has 1 fully saturated rings. The van der Waals surface area contributed by atoms with Crippen LogP contribution in [0.4, 0.5) is 0 Å². The predicted octanol–water partition coefficient (Wildman–Crippen LogP) is 1.23. The summed E-state index contributed by atoms with van der Waals surface area (Å²) in [6.45, 7) is 2.74. The maximum absolute atomic E-state index is 12.0. The molecule has 1 aliphatic rings. The highest BCUT2D eigenvalue weighted by Crippen LogP contribution is 2.35. The van der Waals surface area contributed by atoms with E-state index in [1.165, 1.54) is 6.07 Å². The van der Waals surface area contributed by atoms with Gasteiger partial charge in [-0.25, -0.2) is 8.42 Å². The Morgan fingerprint density at radius 1 is 1.47 bits per heavy atom. The first-order chi connectivity index (χ1) is 8.03. The van der Waals surface area contributed by atoms with Gasteiger partial charge >= 0.3 is 0 Å². The van der Waals surface area contributed by atoms with Gasteiger partial charge in [-0.05, 0) is 30.7 Å². The highest BCUT2D eigenvalue weighted by Gasteiger charge is 2.38. The maximum atomic E-state index is 12.0. The van der Waals surface area contributed by atoms with Gasteiger partial charge in [-0.2, -0.15) is 0 Å². The second kappa shape index (κ2) is 4.66. The van der Waals surface area contributed by atoms with Crippen LogP contribution < -0.4 is 5.32 Å². The zero-order valence-corrected chi connectivity index (χ0v) is 10.6. The van der Waals surface area contributed by atoms with Crippen molar-refractivity contribution in [2.45, 2.75) is 24.6 Å². The molecule has 1 aromatic rings. The Bertz CT molecular complexity index is 498. The predicted molar refractivity (Wildman–Crippen MR) is 66.7 cm³/mol. The van der Waals surface area contributed by atoms with Crippen LogP contribution in [0, 0.1) is 0 Å². The third kappa shape index (κ3) is 2.61. The minimum Gasteiger partial charge on any atom is -0.508 e. The molecule has 4 nitrogen and oxygen atoms in total. The highest BCUT2D eigenvalue weighted by molar-refractivity contribution is 7.92. The first-order valence-electron chi connectivity index (χ1n) is 5.77. The molecule has 1 aromatic carbocycles. The number of rotatable bonds is 3. The van der Waals surface area contributed by atoms with Gasteiger partial charge in [0.25, 0.3) is 0 Å². The van der Waals surface area contributed by atoms with E-state index in [2.05, 4.69) is 5.32 Å². The van der Waals surface area contributed by atoms with Crippen LogP contribution >= 0.6 is 0 Å². The van der Waals surface area contributed by atoms with Crippen molar-refractivity contribution in [3.05, 3.63) is 29.8 Å². The Morgan fingerprint density at radius 3 is 2.88 bits per heavy atom. The first-order valence-corrected chi connectivity index (χ1v) is 7.48. The summed E-state index contributed by atoms with van der Waals surface area (Å²) in [5.74, 6) is 0.297. The molecule has 17 heavy (non-hydrogen) atoms. The van der Waals surface area contributed by atoms with Crippen LogP contribution in [0.5, 0.6) is 5.75 Å². The van der Waals surface area contributed by atoms with Gasteiger partial charge in [0.2, 0.25) is 0 Å². The monoisotopic (exact) mass is 255 g/mol. The molecule has 0 aliphatic carbocycles. The van der Waals surface area contributed by atoms with Gasteiger partial charge in [0, 0.05) is 6.04 Å². The van der Waals surface area contributed by atoms with E-state index in [4.69, 9.17) is 0 Å². The Labute approximate surface area is 102 Å². The lowest BCUT2D eigenvalue weighted by atomic mass is 10.1. The third-order valence-corrected chi connectivity index (χ3v) is 5.30. The molecular weight excluding hydrogens is 238 g/mol. The zero-order chi connectivity index (χ0) is 12.5. The van der Waals surface area contributed by atoms with Crippen molar-refractivity contribution in [1.29, 1.82) is 0 Å². The second-order valence-electron chi connectivity index (χ2n) is 4.40. The lowest BCUT2D eigenvalue weighted by Crippen LogP contribution is -2.29. The molecule has 1 unspecified atom stereocenters. The van der Waals surface area contributed by atoms with Crippen molar-refractivity contribution in [2.75, 3.05) is 12.3 Å². The van der Waals surface area contributed by atoms with E-state index in [-0.39, 0.29) is 17.5 Å². The van der Waals surface area contributed by atoms with Gasteiger partial charge in [-0.1, -0.05) is 19.1 Å². The minimum atomic E-state index is -3.10. The van der Waals surface area contributed by atoms with E-state index < -0.39 is 15.1 Å². The van der Waals surface area contributed by atoms with Crippen molar-refractivity contribution in [3.63, 3.8) is 0 Å². The number of phenols is 1. The molecule has 1 aliphatic heterocycles. The summed E-state index contributed by atoms with van der Waals surface area (Å²) in [4.78, 5) is 0. The van der Waals surface area contributed by atoms with Crippen LogP contribution in [0.25, 0.3) is 0 Å². The average Bonchev–Trinajstić information content (AvgIpc) is 2.54. The average molecular weight is 255 g/mol. The molecule has 5 heteroatoms. The number of phenolic OH excluding ortho intramolecular Hbond substituents is 1. The summed E-state index contributed by atoms with van der Waals surface area (Å²) in [6.07, 6.45) is 0.583. The van der Waals surface area contributed by atoms with Gasteiger partial charge in [0.05, 0.1) is 11.0 Å². The molecule has 0 amide bonds. The number of nitrogens with one attached hydrogen (secondary N) is 1. The fourth-order valence-corrected chi connectivity index (χ4v) is 4.50. The maximum Gasteiger partial charge on any atom is 0.158 e. The summed E-state index contributed by atoms with van der Waals surface area (Å²) in [6, 6.07) is 6.55. The number of hydrogen-bond acceptors (Lipinski definition) is 4. The van der Waals surface area contributed by atoms with Crippen molar-refractivity contribution in [1.82, 2.24) is 5.32 Å². The molecule has 0 bridgehead atoms. The normalized spacial score (nSPS) is 27.1. The number of hydrogen-bond donors (Lipinski definition) is 2. The van der Waals surface area contributed by atoms with Crippen molar-refractivity contribution < 1.29 is 13.5 Å². The molecule has 94 valence electrons. The Morgan fingerprint density at radius 2 is 2.24 bits per heavy atom. The Hall–Kier alpha value is -1.07. The van der Waals surface area contributed by atoms with Gasteiger partial charge in [-0.3, -0.25) is 0 Å². The third-order valence-electron chi connectivity index (χ3n) is 3.10. The topological polar surface area (TPSA) is 66.4 Å². The smallest absolute Gasteiger partial charge is 0.158 e. The van der Waals surface area contributed by atoms with Crippen molar-refractivity contribution >= 4 is 9.84 Å². The molecule has 0 radical (unpaired) electrons. The van der Waals surface area contributed by atoms with Crippen molar-refractivity contribution in [2.24, 2.45) is 0 Å². The quantitative estimate of drug-likeness (QED) is 0.852. The standard InChI is InChI=1S/C12H17NO3S/c1-2-13-10-7-12(17(15,16)8-10)9-4-3-5-11(14)6-9/h3-6,10,12-14H,2,7-8H2,1H3/t10?,12-/m1/s1. The van der Waals surface area contributed by atoms with E-state index in [9.17, 15) is 13.5 Å². The van der Waals surface area contributed by atoms with Gasteiger partial charge < -0.3 is 10.4 Å². The lowest BCUT2D eigenvalue weighted by Gasteiger charge is -2.10. The molecule has 0 saturated carbocycles. The van der Waals surface area contributed by atoms with Crippen LogP contribution in [0.3, 0.4) is 0 Å². The summed E-state index contributed by atoms with van der Waals surface area (Å²) < 4.78 is 24.1. The van der Waals surface area contributed by atoms with Gasteiger partial charge in [0.1, 0.15) is 5.75 Å². The van der Waals surface area contributed by atoms with Gasteiger partial charge in [-0.15, -0.1) is 0 Å². The summed E-state index contributed by atoms with van der Waals surface area (Å²) >= 11 is 0. The molecular formula is C12H17NO3S. The van der Waals surface area contributed by atoms with E-state index in [1.807, 2.05) is 6.92 Å². The van der Waals surface area contributed by atoms with E-state index in [0.717, 1.165) is 6.54 Å². The number of sulfone groups is 1. The Balaban J connectivity index is 2.27. The van der Waals surface area contributed by atoms with Crippen LogP contribution in [-0.4, -0.2) is 31.9 Å². The number of benzene rings is 1. The lowest BCUT2D eigenvalue weighted by molar-refractivity contribution is 0.474. The number of aromatic hydroxyl groups is 1. The molecule has 2 N–H and O–H groups in total. The van der Waals surface area contributed by atoms with E-state index in [1.54, 1.807) is 18.2 Å². The molecule has 1 heterocycles. The highest BCUT2D eigenvalue weighted by atomic mass is 32.2. The molecule has 2 atom stereocenters. The first kappa shape index (κ1) is 12.4. The summed E-state index contributed by atoms with van der Waals surface area (Å²) in [7, 11) is -3.10. The Kier molecular flexibility index (Phi) is 3.40. The second-order valence-corrected chi connectivity index (χ2v) is 6.63. The summed E-state index contributed by atoms with van der Waals surface area (Å²) in [5.41, 5.74) is 0.686. The largest absolute Gasteiger partial charge is 0.508 e. The van der Waals surface area contributed by atoms with Crippen LogP contribution in [-0.2, 0) is 9.84 Å². The summed E-state index contributed by atoms with van der Waals surface area (Å²) in [5, 5.41) is 12.1. The van der Waals surface area contributed by atoms with Crippen molar-refractivity contribution in [3.8, 4) is 5.75 Å². The van der Waals surface area contributed by atoms with Gasteiger partial charge in [0.15, 0.2) is 9.84 Å². The fraction of sp³-hybridized carbons (Fsp3) is 0.500. The zero-order valence-electron chi connectivity index (χ0n) is 9.76. The van der Waals surface area contributed by atoms with E-state index in [0.29, 0.717) is 12.0 Å². The van der Waals surface area contributed by atoms with E-state index >= 15 is 0 Å². The fourth-order valence-electron chi connectivity index (χ4n) is 2.37. The molecule has 1 saturated heterocycles. The molecule has 0 spiro atoms. The van der Waals surface area contributed by atoms with Crippen LogP contribution in [0.1, 0.15) is 24.2 Å².